The van der Waals surface area contributed by atoms with Crippen LogP contribution in [0.2, 0.25) is 0 Å². The topological polar surface area (TPSA) is 12.0 Å². The second-order valence-corrected chi connectivity index (χ2v) is 3.24. The molecular weight excluding hydrogens is 148 g/mol. The highest BCUT2D eigenvalue weighted by molar-refractivity contribution is 4.83. The average molecular weight is 163 g/mol. The number of halogens is 2. The molecule has 1 N–H and O–H groups in total. The summed E-state index contributed by atoms with van der Waals surface area (Å²) in [5, 5.41) is 2.75. The van der Waals surface area contributed by atoms with Crippen molar-refractivity contribution < 1.29 is 8.78 Å². The molecule has 0 spiro atoms. The molecule has 0 aromatic carbocycles. The fourth-order valence-corrected chi connectivity index (χ4v) is 1.33. The fraction of sp³-hybridized carbons (Fsp3) is 1.00. The molecule has 0 aromatic rings. The molecule has 0 aliphatic heterocycles. The van der Waals surface area contributed by atoms with Crippen LogP contribution in [0.1, 0.15) is 25.7 Å². The van der Waals surface area contributed by atoms with E-state index >= 15 is 0 Å². The second-order valence-electron chi connectivity index (χ2n) is 3.24. The van der Waals surface area contributed by atoms with Gasteiger partial charge in [0.25, 0.3) is 5.92 Å². The molecule has 0 atom stereocenters. The van der Waals surface area contributed by atoms with E-state index < -0.39 is 5.92 Å². The van der Waals surface area contributed by atoms with E-state index in [-0.39, 0.29) is 12.3 Å². The maximum atomic E-state index is 13.0. The molecule has 1 aliphatic rings. The maximum Gasteiger partial charge on any atom is 0.252 e. The fourth-order valence-electron chi connectivity index (χ4n) is 1.33. The van der Waals surface area contributed by atoms with Crippen LogP contribution in [0.15, 0.2) is 0 Å². The van der Waals surface area contributed by atoms with Gasteiger partial charge in [-0.3, -0.25) is 0 Å². The number of rotatable bonds is 4. The van der Waals surface area contributed by atoms with E-state index in [1.807, 2.05) is 0 Å². The van der Waals surface area contributed by atoms with Crippen LogP contribution < -0.4 is 5.32 Å². The number of nitrogens with one attached hydrogen (secondary N) is 1. The van der Waals surface area contributed by atoms with Gasteiger partial charge in [-0.05, 0) is 19.9 Å². The van der Waals surface area contributed by atoms with Crippen molar-refractivity contribution in [2.45, 2.75) is 31.6 Å². The van der Waals surface area contributed by atoms with Crippen molar-refractivity contribution in [3.8, 4) is 0 Å². The Kier molecular flexibility index (Phi) is 2.82. The highest BCUT2D eigenvalue weighted by atomic mass is 19.3. The van der Waals surface area contributed by atoms with Gasteiger partial charge < -0.3 is 5.32 Å². The molecule has 1 aliphatic carbocycles. The summed E-state index contributed by atoms with van der Waals surface area (Å²) >= 11 is 0. The monoisotopic (exact) mass is 163 g/mol. The first-order chi connectivity index (χ1) is 5.17. The summed E-state index contributed by atoms with van der Waals surface area (Å²) in [6, 6.07) is 0. The average Bonchev–Trinajstić information content (AvgIpc) is 1.78. The van der Waals surface area contributed by atoms with Crippen LogP contribution in [0, 0.1) is 5.92 Å². The Labute approximate surface area is 66.2 Å². The maximum absolute atomic E-state index is 13.0. The van der Waals surface area contributed by atoms with E-state index in [1.54, 1.807) is 7.05 Å². The second kappa shape index (κ2) is 3.48. The van der Waals surface area contributed by atoms with E-state index in [9.17, 15) is 8.78 Å². The largest absolute Gasteiger partial charge is 0.320 e. The highest BCUT2D eigenvalue weighted by Crippen LogP contribution is 2.41. The summed E-state index contributed by atoms with van der Waals surface area (Å²) in [5.41, 5.74) is 0. The number of hydrogen-bond acceptors (Lipinski definition) is 1. The van der Waals surface area contributed by atoms with Crippen LogP contribution in [0.3, 0.4) is 0 Å². The van der Waals surface area contributed by atoms with Gasteiger partial charge in [-0.25, -0.2) is 8.78 Å². The summed E-state index contributed by atoms with van der Waals surface area (Å²) < 4.78 is 26.0. The van der Waals surface area contributed by atoms with Gasteiger partial charge in [-0.1, -0.05) is 6.42 Å². The van der Waals surface area contributed by atoms with Crippen molar-refractivity contribution in [1.29, 1.82) is 0 Å². The molecule has 1 rings (SSSR count). The van der Waals surface area contributed by atoms with Crippen LogP contribution >= 0.6 is 0 Å². The lowest BCUT2D eigenvalue weighted by Gasteiger charge is -2.33. The van der Waals surface area contributed by atoms with Gasteiger partial charge in [-0.2, -0.15) is 0 Å². The minimum atomic E-state index is -2.42. The molecule has 1 nitrogen and oxygen atoms in total. The molecule has 0 amide bonds. The summed E-state index contributed by atoms with van der Waals surface area (Å²) in [6.45, 7) is 0.420. The Morgan fingerprint density at radius 3 is 2.45 bits per heavy atom. The van der Waals surface area contributed by atoms with Crippen molar-refractivity contribution in [3.05, 3.63) is 0 Å². The molecule has 11 heavy (non-hydrogen) atoms. The quantitative estimate of drug-likeness (QED) is 0.668. The molecule has 1 saturated carbocycles. The van der Waals surface area contributed by atoms with Gasteiger partial charge in [-0.15, -0.1) is 0 Å². The number of alkyl halides is 2. The summed E-state index contributed by atoms with van der Waals surface area (Å²) in [6.07, 6.45) is 2.42. The molecule has 0 aromatic heterocycles. The van der Waals surface area contributed by atoms with E-state index in [2.05, 4.69) is 5.32 Å². The first-order valence-corrected chi connectivity index (χ1v) is 4.19. The van der Waals surface area contributed by atoms with E-state index in [1.165, 1.54) is 0 Å². The van der Waals surface area contributed by atoms with Crippen LogP contribution in [0.25, 0.3) is 0 Å². The minimum absolute atomic E-state index is 0.00579. The predicted molar refractivity (Wildman–Crippen MR) is 40.8 cm³/mol. The van der Waals surface area contributed by atoms with E-state index in [0.717, 1.165) is 19.3 Å². The molecule has 66 valence electrons. The first-order valence-electron chi connectivity index (χ1n) is 4.19. The van der Waals surface area contributed by atoms with Gasteiger partial charge in [0.15, 0.2) is 0 Å². The standard InChI is InChI=1S/C8H15F2N/c1-11-6-5-8(9,10)7-3-2-4-7/h7,11H,2-6H2,1H3. The zero-order valence-corrected chi connectivity index (χ0v) is 6.87. The van der Waals surface area contributed by atoms with Crippen molar-refractivity contribution in [3.63, 3.8) is 0 Å². The van der Waals surface area contributed by atoms with Crippen LogP contribution in [-0.2, 0) is 0 Å². The zero-order chi connectivity index (χ0) is 8.32. The summed E-state index contributed by atoms with van der Waals surface area (Å²) in [4.78, 5) is 0. The highest BCUT2D eigenvalue weighted by Gasteiger charge is 2.41. The molecule has 0 heterocycles. The first kappa shape index (κ1) is 8.91. The normalized spacial score (nSPS) is 19.9. The van der Waals surface area contributed by atoms with Crippen molar-refractivity contribution in [1.82, 2.24) is 5.32 Å². The summed E-state index contributed by atoms with van der Waals surface area (Å²) in [5.74, 6) is -2.74. The minimum Gasteiger partial charge on any atom is -0.320 e. The predicted octanol–water partition coefficient (Wildman–Crippen LogP) is 2.03. The molecular formula is C8H15F2N. The molecule has 0 saturated heterocycles. The lowest BCUT2D eigenvalue weighted by molar-refractivity contribution is -0.0921. The zero-order valence-electron chi connectivity index (χ0n) is 6.87. The molecule has 0 unspecified atom stereocenters. The van der Waals surface area contributed by atoms with E-state index in [0.29, 0.717) is 6.54 Å². The smallest absolute Gasteiger partial charge is 0.252 e. The lowest BCUT2D eigenvalue weighted by atomic mass is 9.79. The Morgan fingerprint density at radius 1 is 1.45 bits per heavy atom. The van der Waals surface area contributed by atoms with Crippen molar-refractivity contribution >= 4 is 0 Å². The van der Waals surface area contributed by atoms with Crippen LogP contribution in [0.4, 0.5) is 8.78 Å². The Balaban J connectivity index is 2.25. The SMILES string of the molecule is CNCCC(F)(F)C1CCC1. The Hall–Kier alpha value is -0.180. The Morgan fingerprint density at radius 2 is 2.09 bits per heavy atom. The van der Waals surface area contributed by atoms with Gasteiger partial charge in [0.2, 0.25) is 0 Å². The molecule has 3 heteroatoms. The molecule has 1 fully saturated rings. The number of hydrogen-bond donors (Lipinski definition) is 1. The van der Waals surface area contributed by atoms with Gasteiger partial charge in [0.05, 0.1) is 0 Å². The van der Waals surface area contributed by atoms with Crippen molar-refractivity contribution in [2.24, 2.45) is 5.92 Å². The third kappa shape index (κ3) is 2.12. The van der Waals surface area contributed by atoms with Crippen LogP contribution in [-0.4, -0.2) is 19.5 Å². The molecule has 0 bridgehead atoms. The van der Waals surface area contributed by atoms with Gasteiger partial charge in [0.1, 0.15) is 0 Å². The third-order valence-electron chi connectivity index (χ3n) is 2.41. The third-order valence-corrected chi connectivity index (χ3v) is 2.41. The van der Waals surface area contributed by atoms with Gasteiger partial charge in [0, 0.05) is 18.9 Å². The lowest BCUT2D eigenvalue weighted by Crippen LogP contribution is -2.35. The van der Waals surface area contributed by atoms with Gasteiger partial charge >= 0.3 is 0 Å². The molecule has 0 radical (unpaired) electrons. The Bertz CT molecular complexity index is 121. The van der Waals surface area contributed by atoms with Crippen molar-refractivity contribution in [2.75, 3.05) is 13.6 Å². The summed E-state index contributed by atoms with van der Waals surface area (Å²) in [7, 11) is 1.71. The van der Waals surface area contributed by atoms with Crippen LogP contribution in [0.5, 0.6) is 0 Å². The van der Waals surface area contributed by atoms with E-state index in [4.69, 9.17) is 0 Å².